The molecule has 0 saturated heterocycles. The van der Waals surface area contributed by atoms with Crippen molar-refractivity contribution in [1.82, 2.24) is 0 Å². The van der Waals surface area contributed by atoms with E-state index in [1.807, 2.05) is 37.4 Å². The van der Waals surface area contributed by atoms with Gasteiger partial charge in [0.2, 0.25) is 0 Å². The van der Waals surface area contributed by atoms with Crippen LogP contribution in [-0.2, 0) is 9.53 Å². The van der Waals surface area contributed by atoms with E-state index in [4.69, 9.17) is 14.6 Å². The third-order valence-electron chi connectivity index (χ3n) is 4.81. The first-order valence-corrected chi connectivity index (χ1v) is 11.0. The Morgan fingerprint density at radius 2 is 1.77 bits per heavy atom. The lowest BCUT2D eigenvalue weighted by atomic mass is 10.0. The van der Waals surface area contributed by atoms with Crippen molar-refractivity contribution in [3.05, 3.63) is 54.1 Å². The number of unbranched alkanes of at least 4 members (excludes halogenated alkanes) is 1. The smallest absolute Gasteiger partial charge is 0.328 e. The van der Waals surface area contributed by atoms with E-state index >= 15 is 0 Å². The Labute approximate surface area is 186 Å². The Hall–Kier alpha value is -2.79. The van der Waals surface area contributed by atoms with Crippen LogP contribution in [0.4, 0.5) is 5.69 Å². The number of rotatable bonds is 13. The number of hydrogen-bond donors (Lipinski definition) is 1. The van der Waals surface area contributed by atoms with Gasteiger partial charge in [-0.15, -0.1) is 0 Å². The van der Waals surface area contributed by atoms with Crippen molar-refractivity contribution < 1.29 is 19.4 Å². The molecule has 0 atom stereocenters. The Morgan fingerprint density at radius 3 is 2.42 bits per heavy atom. The first-order valence-electron chi connectivity index (χ1n) is 11.0. The van der Waals surface area contributed by atoms with Crippen LogP contribution in [-0.4, -0.2) is 44.5 Å². The molecule has 0 heterocycles. The van der Waals surface area contributed by atoms with E-state index in [1.165, 1.54) is 6.08 Å². The van der Waals surface area contributed by atoms with Crippen LogP contribution < -0.4 is 9.64 Å². The van der Waals surface area contributed by atoms with Gasteiger partial charge in [0.25, 0.3) is 0 Å². The molecule has 2 rings (SSSR count). The Balaban J connectivity index is 2.12. The van der Waals surface area contributed by atoms with Crippen LogP contribution in [0.15, 0.2) is 48.5 Å². The first kappa shape index (κ1) is 24.5. The summed E-state index contributed by atoms with van der Waals surface area (Å²) in [5.41, 5.74) is 3.97. The molecule has 0 spiro atoms. The summed E-state index contributed by atoms with van der Waals surface area (Å²) < 4.78 is 11.3. The number of nitrogens with zero attached hydrogens (tertiary/aromatic N) is 1. The van der Waals surface area contributed by atoms with Gasteiger partial charge in [-0.2, -0.15) is 0 Å². The van der Waals surface area contributed by atoms with Crippen LogP contribution in [0.25, 0.3) is 17.2 Å². The Kier molecular flexibility index (Phi) is 10.1. The van der Waals surface area contributed by atoms with E-state index in [0.29, 0.717) is 19.1 Å². The second-order valence-corrected chi connectivity index (χ2v) is 8.06. The molecule has 0 radical (unpaired) electrons. The molecule has 0 amide bonds. The summed E-state index contributed by atoms with van der Waals surface area (Å²) in [5, 5.41) is 9.07. The van der Waals surface area contributed by atoms with Crippen molar-refractivity contribution >= 4 is 17.7 Å². The van der Waals surface area contributed by atoms with Gasteiger partial charge in [0.05, 0.1) is 6.61 Å². The van der Waals surface area contributed by atoms with Crippen LogP contribution in [0.3, 0.4) is 0 Å². The molecule has 31 heavy (non-hydrogen) atoms. The van der Waals surface area contributed by atoms with E-state index in [1.54, 1.807) is 6.08 Å². The summed E-state index contributed by atoms with van der Waals surface area (Å²) in [6, 6.07) is 14.1. The van der Waals surface area contributed by atoms with Gasteiger partial charge in [-0.25, -0.2) is 4.79 Å². The van der Waals surface area contributed by atoms with Crippen molar-refractivity contribution in [1.29, 1.82) is 0 Å². The molecule has 0 aliphatic rings. The fraction of sp³-hybridized carbons (Fsp3) is 0.423. The topological polar surface area (TPSA) is 59.0 Å². The molecular formula is C26H35NO4. The van der Waals surface area contributed by atoms with Gasteiger partial charge in [-0.1, -0.05) is 45.4 Å². The summed E-state index contributed by atoms with van der Waals surface area (Å²) in [7, 11) is 2.03. The van der Waals surface area contributed by atoms with Gasteiger partial charge in [-0.05, 0) is 59.4 Å². The lowest BCUT2D eigenvalue weighted by Crippen LogP contribution is -2.23. The minimum Gasteiger partial charge on any atom is -0.491 e. The van der Waals surface area contributed by atoms with E-state index in [-0.39, 0.29) is 0 Å². The van der Waals surface area contributed by atoms with Gasteiger partial charge >= 0.3 is 5.97 Å². The maximum Gasteiger partial charge on any atom is 0.328 e. The third kappa shape index (κ3) is 8.46. The van der Waals surface area contributed by atoms with E-state index in [2.05, 4.69) is 37.8 Å². The van der Waals surface area contributed by atoms with E-state index in [9.17, 15) is 4.79 Å². The predicted octanol–water partition coefficient (Wildman–Crippen LogP) is 5.74. The molecule has 168 valence electrons. The van der Waals surface area contributed by atoms with Gasteiger partial charge in [-0.3, -0.25) is 0 Å². The molecular weight excluding hydrogens is 390 g/mol. The molecule has 1 N–H and O–H groups in total. The van der Waals surface area contributed by atoms with Gasteiger partial charge < -0.3 is 19.5 Å². The highest BCUT2D eigenvalue weighted by Gasteiger charge is 2.10. The lowest BCUT2D eigenvalue weighted by Gasteiger charge is -2.24. The summed E-state index contributed by atoms with van der Waals surface area (Å²) in [5.74, 6) is 0.357. The lowest BCUT2D eigenvalue weighted by molar-refractivity contribution is -0.131. The molecule has 2 aromatic rings. The highest BCUT2D eigenvalue weighted by atomic mass is 16.5. The second kappa shape index (κ2) is 12.8. The van der Waals surface area contributed by atoms with E-state index in [0.717, 1.165) is 54.1 Å². The van der Waals surface area contributed by atoms with Crippen LogP contribution in [0, 0.1) is 5.92 Å². The van der Waals surface area contributed by atoms with Crippen molar-refractivity contribution in [2.24, 2.45) is 5.92 Å². The monoisotopic (exact) mass is 425 g/mol. The number of carboxylic acids is 1. The van der Waals surface area contributed by atoms with E-state index < -0.39 is 5.97 Å². The number of carboxylic acid groups (broad SMARTS) is 1. The number of benzene rings is 2. The van der Waals surface area contributed by atoms with Gasteiger partial charge in [0.15, 0.2) is 0 Å². The molecule has 0 unspecified atom stereocenters. The number of hydrogen-bond acceptors (Lipinski definition) is 4. The fourth-order valence-corrected chi connectivity index (χ4v) is 3.33. The maximum atomic E-state index is 11.1. The second-order valence-electron chi connectivity index (χ2n) is 8.06. The van der Waals surface area contributed by atoms with Crippen LogP contribution in [0.2, 0.25) is 0 Å². The largest absolute Gasteiger partial charge is 0.491 e. The normalized spacial score (nSPS) is 11.3. The standard InChI is InChI=1S/C26H35NO4/c1-5-6-15-30-16-17-31-24-11-7-21(8-12-24)22-9-13-25(27(4)19-20(2)3)23(18-22)10-14-26(28)29/h7-14,18,20H,5-6,15-17,19H2,1-4H3,(H,28,29). The number of carbonyl (C=O) groups is 1. The minimum absolute atomic E-state index is 0.505. The van der Waals surface area contributed by atoms with Crippen molar-refractivity contribution in [3.8, 4) is 16.9 Å². The predicted molar refractivity (Wildman–Crippen MR) is 128 cm³/mol. The van der Waals surface area contributed by atoms with Crippen molar-refractivity contribution in [3.63, 3.8) is 0 Å². The minimum atomic E-state index is -0.956. The molecule has 0 aromatic heterocycles. The Morgan fingerprint density at radius 1 is 1.06 bits per heavy atom. The highest BCUT2D eigenvalue weighted by Crippen LogP contribution is 2.29. The quantitative estimate of drug-likeness (QED) is 0.328. The molecule has 2 aromatic carbocycles. The molecule has 0 bridgehead atoms. The Bertz CT molecular complexity index is 843. The first-order chi connectivity index (χ1) is 14.9. The molecule has 0 fully saturated rings. The zero-order valence-electron chi connectivity index (χ0n) is 19.1. The molecule has 0 aliphatic heterocycles. The SMILES string of the molecule is CCCCOCCOc1ccc(-c2ccc(N(C)CC(C)C)c(C=CC(=O)O)c2)cc1. The van der Waals surface area contributed by atoms with Crippen LogP contribution >= 0.6 is 0 Å². The summed E-state index contributed by atoms with van der Waals surface area (Å²) in [6.45, 7) is 9.26. The number of anilines is 1. The number of ether oxygens (including phenoxy) is 2. The molecule has 0 saturated carbocycles. The average Bonchev–Trinajstić information content (AvgIpc) is 2.74. The van der Waals surface area contributed by atoms with Crippen LogP contribution in [0.5, 0.6) is 5.75 Å². The third-order valence-corrected chi connectivity index (χ3v) is 4.81. The average molecular weight is 426 g/mol. The summed E-state index contributed by atoms with van der Waals surface area (Å²) >= 11 is 0. The zero-order valence-corrected chi connectivity index (χ0v) is 19.1. The molecule has 5 nitrogen and oxygen atoms in total. The molecule has 0 aliphatic carbocycles. The summed E-state index contributed by atoms with van der Waals surface area (Å²) in [6.07, 6.45) is 5.05. The van der Waals surface area contributed by atoms with Crippen LogP contribution in [0.1, 0.15) is 39.2 Å². The van der Waals surface area contributed by atoms with Gasteiger partial charge in [0.1, 0.15) is 12.4 Å². The van der Waals surface area contributed by atoms with Crippen molar-refractivity contribution in [2.45, 2.75) is 33.6 Å². The van der Waals surface area contributed by atoms with Gasteiger partial charge in [0, 0.05) is 32.0 Å². The fourth-order valence-electron chi connectivity index (χ4n) is 3.33. The van der Waals surface area contributed by atoms with Crippen molar-refractivity contribution in [2.75, 3.05) is 38.3 Å². The number of aliphatic carboxylic acids is 1. The molecule has 5 heteroatoms. The summed E-state index contributed by atoms with van der Waals surface area (Å²) in [4.78, 5) is 13.2. The zero-order chi connectivity index (χ0) is 22.6. The maximum absolute atomic E-state index is 11.1. The highest BCUT2D eigenvalue weighted by molar-refractivity contribution is 5.88.